The molecule has 7 heteroatoms. The number of benzene rings is 1. The number of ether oxygens (including phenoxy) is 1. The summed E-state index contributed by atoms with van der Waals surface area (Å²) in [5.74, 6) is -0.382. The Morgan fingerprint density at radius 2 is 2.23 bits per heavy atom. The quantitative estimate of drug-likeness (QED) is 0.673. The highest BCUT2D eigenvalue weighted by molar-refractivity contribution is 6.30. The topological polar surface area (TPSA) is 75.7 Å². The van der Waals surface area contributed by atoms with Gasteiger partial charge in [0.2, 0.25) is 5.91 Å². The summed E-state index contributed by atoms with van der Waals surface area (Å²) in [6, 6.07) is 5.04. The highest BCUT2D eigenvalue weighted by atomic mass is 35.5. The van der Waals surface area contributed by atoms with Crippen LogP contribution in [0.2, 0.25) is 0 Å². The van der Waals surface area contributed by atoms with E-state index in [-0.39, 0.29) is 30.2 Å². The first-order valence-corrected chi connectivity index (χ1v) is 7.51. The van der Waals surface area contributed by atoms with Gasteiger partial charge in [-0.2, -0.15) is 0 Å². The largest absolute Gasteiger partial charge is 0.442 e. The third-order valence-corrected chi connectivity index (χ3v) is 4.22. The van der Waals surface area contributed by atoms with Gasteiger partial charge < -0.3 is 10.1 Å². The van der Waals surface area contributed by atoms with E-state index < -0.39 is 12.2 Å². The van der Waals surface area contributed by atoms with Crippen molar-refractivity contribution in [3.8, 4) is 0 Å². The first-order valence-electron chi connectivity index (χ1n) is 6.97. The molecule has 1 N–H and O–H groups in total. The van der Waals surface area contributed by atoms with Gasteiger partial charge >= 0.3 is 6.09 Å². The van der Waals surface area contributed by atoms with Gasteiger partial charge in [0.05, 0.1) is 24.2 Å². The zero-order valence-corrected chi connectivity index (χ0v) is 12.7. The molecular formula is C15H15ClN2O4. The van der Waals surface area contributed by atoms with Crippen molar-refractivity contribution in [1.82, 2.24) is 5.32 Å². The van der Waals surface area contributed by atoms with Gasteiger partial charge in [0.15, 0.2) is 5.78 Å². The fraction of sp³-hybridized carbons (Fsp3) is 0.400. The Morgan fingerprint density at radius 1 is 1.45 bits per heavy atom. The molecule has 3 rings (SSSR count). The second-order valence-electron chi connectivity index (χ2n) is 5.40. The molecule has 2 aliphatic heterocycles. The van der Waals surface area contributed by atoms with Crippen molar-refractivity contribution in [1.29, 1.82) is 0 Å². The monoisotopic (exact) mass is 322 g/mol. The van der Waals surface area contributed by atoms with E-state index in [1.165, 1.54) is 6.92 Å². The van der Waals surface area contributed by atoms with Gasteiger partial charge in [-0.25, -0.2) is 4.79 Å². The highest BCUT2D eigenvalue weighted by Crippen LogP contribution is 2.39. The number of nitrogens with zero attached hydrogens (tertiary/aromatic N) is 1. The second kappa shape index (κ2) is 5.61. The number of hydrogen-bond donors (Lipinski definition) is 1. The fourth-order valence-corrected chi connectivity index (χ4v) is 3.10. The van der Waals surface area contributed by atoms with Gasteiger partial charge in [-0.05, 0) is 30.2 Å². The van der Waals surface area contributed by atoms with Gasteiger partial charge in [0.1, 0.15) is 6.10 Å². The number of amides is 2. The molecule has 0 aliphatic carbocycles. The molecule has 0 aromatic heterocycles. The molecule has 2 heterocycles. The maximum Gasteiger partial charge on any atom is 0.415 e. The summed E-state index contributed by atoms with van der Waals surface area (Å²) in [5.41, 5.74) is 2.22. The van der Waals surface area contributed by atoms with Crippen LogP contribution in [0.4, 0.5) is 10.5 Å². The van der Waals surface area contributed by atoms with Gasteiger partial charge in [-0.1, -0.05) is 0 Å². The molecule has 1 saturated heterocycles. The van der Waals surface area contributed by atoms with Crippen LogP contribution in [0.5, 0.6) is 0 Å². The van der Waals surface area contributed by atoms with Crippen LogP contribution in [-0.2, 0) is 16.0 Å². The molecule has 2 atom stereocenters. The molecule has 1 aromatic rings. The van der Waals surface area contributed by atoms with Crippen LogP contribution in [-0.4, -0.2) is 42.4 Å². The number of carbonyl (C=O) groups is 3. The van der Waals surface area contributed by atoms with E-state index in [1.807, 2.05) is 0 Å². The van der Waals surface area contributed by atoms with Crippen molar-refractivity contribution in [2.75, 3.05) is 17.3 Å². The van der Waals surface area contributed by atoms with Gasteiger partial charge in [0.25, 0.3) is 0 Å². The van der Waals surface area contributed by atoms with E-state index in [9.17, 15) is 14.4 Å². The smallest absolute Gasteiger partial charge is 0.415 e. The summed E-state index contributed by atoms with van der Waals surface area (Å²) in [6.07, 6.45) is -0.221. The summed E-state index contributed by atoms with van der Waals surface area (Å²) in [7, 11) is 0. The van der Waals surface area contributed by atoms with Gasteiger partial charge in [-0.3, -0.25) is 14.5 Å². The highest BCUT2D eigenvalue weighted by Gasteiger charge is 2.47. The summed E-state index contributed by atoms with van der Waals surface area (Å²) in [6.45, 7) is 1.70. The molecule has 22 heavy (non-hydrogen) atoms. The zero-order valence-electron chi connectivity index (χ0n) is 12.0. The number of halogens is 1. The predicted molar refractivity (Wildman–Crippen MR) is 80.4 cm³/mol. The number of Topliss-reactive ketones (excluding diaryl/α,β-unsaturated/α-hetero) is 1. The fourth-order valence-electron chi connectivity index (χ4n) is 2.95. The molecule has 0 saturated carbocycles. The number of nitrogens with one attached hydrogen (secondary N) is 1. The molecule has 1 fully saturated rings. The van der Waals surface area contributed by atoms with Crippen LogP contribution >= 0.6 is 11.6 Å². The standard InChI is InChI=1S/C15H15ClN2O4/c1-8(19)17-7-14-12-5-10-4-9(13(20)6-16)2-3-11(10)18(12)15(21)22-14/h2-4,12,14H,5-7H2,1H3,(H,17,19)/t12-,14+/m1/s1. The minimum Gasteiger partial charge on any atom is -0.442 e. The Balaban J connectivity index is 1.84. The summed E-state index contributed by atoms with van der Waals surface area (Å²) < 4.78 is 5.32. The SMILES string of the molecule is CC(=O)NC[C@@H]1OC(=O)N2c3ccc(C(=O)CCl)cc3C[C@H]12. The van der Waals surface area contributed by atoms with E-state index in [1.54, 1.807) is 23.1 Å². The molecule has 0 unspecified atom stereocenters. The van der Waals surface area contributed by atoms with E-state index >= 15 is 0 Å². The predicted octanol–water partition coefficient (Wildman–Crippen LogP) is 1.49. The van der Waals surface area contributed by atoms with E-state index in [0.717, 1.165) is 11.3 Å². The average molecular weight is 323 g/mol. The summed E-state index contributed by atoms with van der Waals surface area (Å²) >= 11 is 5.58. The first-order chi connectivity index (χ1) is 10.5. The van der Waals surface area contributed by atoms with Crippen molar-refractivity contribution in [2.45, 2.75) is 25.5 Å². The van der Waals surface area contributed by atoms with E-state index in [2.05, 4.69) is 5.32 Å². The molecule has 6 nitrogen and oxygen atoms in total. The molecule has 1 aromatic carbocycles. The van der Waals surface area contributed by atoms with Crippen molar-refractivity contribution in [3.05, 3.63) is 29.3 Å². The zero-order chi connectivity index (χ0) is 15.9. The summed E-state index contributed by atoms with van der Waals surface area (Å²) in [4.78, 5) is 36.4. The van der Waals surface area contributed by atoms with Crippen LogP contribution in [0.15, 0.2) is 18.2 Å². The van der Waals surface area contributed by atoms with Gasteiger partial charge in [-0.15, -0.1) is 11.6 Å². The number of alkyl halides is 1. The lowest BCUT2D eigenvalue weighted by Gasteiger charge is -2.16. The lowest BCUT2D eigenvalue weighted by molar-refractivity contribution is -0.119. The maximum absolute atomic E-state index is 12.1. The van der Waals surface area contributed by atoms with Crippen LogP contribution in [0, 0.1) is 0 Å². The summed E-state index contributed by atoms with van der Waals surface area (Å²) in [5, 5.41) is 2.67. The third kappa shape index (κ3) is 2.43. The van der Waals surface area contributed by atoms with Crippen molar-refractivity contribution in [3.63, 3.8) is 0 Å². The molecule has 0 spiro atoms. The van der Waals surface area contributed by atoms with Crippen LogP contribution in [0.25, 0.3) is 0 Å². The lowest BCUT2D eigenvalue weighted by Crippen LogP contribution is -2.40. The van der Waals surface area contributed by atoms with Crippen LogP contribution in [0.1, 0.15) is 22.8 Å². The molecule has 0 radical (unpaired) electrons. The van der Waals surface area contributed by atoms with Crippen molar-refractivity contribution < 1.29 is 19.1 Å². The maximum atomic E-state index is 12.1. The van der Waals surface area contributed by atoms with Gasteiger partial charge in [0, 0.05) is 12.5 Å². The number of fused-ring (bicyclic) bond motifs is 3. The Kier molecular flexibility index (Phi) is 3.78. The number of anilines is 1. The van der Waals surface area contributed by atoms with Crippen LogP contribution in [0.3, 0.4) is 0 Å². The molecule has 116 valence electrons. The average Bonchev–Trinajstić information content (AvgIpc) is 3.01. The molecule has 2 amide bonds. The van der Waals surface area contributed by atoms with Crippen molar-refractivity contribution in [2.24, 2.45) is 0 Å². The Bertz CT molecular complexity index is 661. The first kappa shape index (κ1) is 14.8. The Labute approximate surface area is 132 Å². The molecule has 2 aliphatic rings. The van der Waals surface area contributed by atoms with E-state index in [4.69, 9.17) is 16.3 Å². The normalized spacial score (nSPS) is 22.1. The number of hydrogen-bond acceptors (Lipinski definition) is 4. The Morgan fingerprint density at radius 3 is 2.91 bits per heavy atom. The minimum absolute atomic E-state index is 0.0703. The van der Waals surface area contributed by atoms with E-state index in [0.29, 0.717) is 12.0 Å². The second-order valence-corrected chi connectivity index (χ2v) is 5.67. The minimum atomic E-state index is -0.421. The third-order valence-electron chi connectivity index (χ3n) is 3.97. The van der Waals surface area contributed by atoms with Crippen molar-refractivity contribution >= 4 is 35.1 Å². The van der Waals surface area contributed by atoms with Crippen LogP contribution < -0.4 is 10.2 Å². The number of rotatable bonds is 4. The number of ketones is 1. The number of carbonyl (C=O) groups excluding carboxylic acids is 3. The molecule has 0 bridgehead atoms. The lowest BCUT2D eigenvalue weighted by atomic mass is 10.0. The number of cyclic esters (lactones) is 1. The Hall–Kier alpha value is -2.08. The molecular weight excluding hydrogens is 308 g/mol.